The van der Waals surface area contributed by atoms with E-state index in [-0.39, 0.29) is 0 Å². The van der Waals surface area contributed by atoms with Crippen LogP contribution >= 0.6 is 0 Å². The van der Waals surface area contributed by atoms with Crippen molar-refractivity contribution in [3.05, 3.63) is 21.5 Å². The molecule has 0 unspecified atom stereocenters. The zero-order chi connectivity index (χ0) is 14.2. The van der Waals surface area contributed by atoms with Crippen molar-refractivity contribution in [2.45, 2.75) is 17.9 Å². The Morgan fingerprint density at radius 3 is 1.61 bits per heavy atom. The Kier molecular flexibility index (Phi) is 5.28. The van der Waals surface area contributed by atoms with Gasteiger partial charge in [-0.2, -0.15) is 0 Å². The first-order valence-electron chi connectivity index (χ1n) is 6.76. The Morgan fingerprint density at radius 1 is 0.944 bits per heavy atom. The quantitative estimate of drug-likeness (QED) is 0.663. The van der Waals surface area contributed by atoms with E-state index in [2.05, 4.69) is 80.6 Å². The molecule has 0 spiro atoms. The number of allylic oxidation sites excluding steroid dienone is 4. The van der Waals surface area contributed by atoms with Crippen molar-refractivity contribution in [3.8, 4) is 0 Å². The molecule has 105 valence electrons. The molecule has 0 bridgehead atoms. The summed E-state index contributed by atoms with van der Waals surface area (Å²) in [5.74, 6) is 5.16. The maximum absolute atomic E-state index is 3.34. The van der Waals surface area contributed by atoms with Crippen molar-refractivity contribution in [3.63, 3.8) is 0 Å². The van der Waals surface area contributed by atoms with Crippen molar-refractivity contribution in [1.29, 1.82) is 0 Å². The van der Waals surface area contributed by atoms with Gasteiger partial charge in [-0.3, -0.25) is 0 Å². The van der Waals surface area contributed by atoms with Crippen molar-refractivity contribution in [1.82, 2.24) is 8.53 Å². The van der Waals surface area contributed by atoms with Crippen LogP contribution in [0.15, 0.2) is 21.5 Å². The van der Waals surface area contributed by atoms with E-state index in [0.29, 0.717) is 0 Å². The molecule has 1 rings (SSSR count). The van der Waals surface area contributed by atoms with Crippen LogP contribution in [0.5, 0.6) is 0 Å². The topological polar surface area (TPSA) is 9.72 Å². The van der Waals surface area contributed by atoms with Gasteiger partial charge in [0.05, 0.1) is 0 Å². The van der Waals surface area contributed by atoms with Crippen molar-refractivity contribution < 1.29 is 17.1 Å². The zero-order valence-electron chi connectivity index (χ0n) is 13.4. The van der Waals surface area contributed by atoms with E-state index in [1.165, 1.54) is 0 Å². The Balaban J connectivity index is 3.65. The standard InChI is InChI=1S/C5H5.C2H7Ge.3C2H6N.Zr/c1-2-4-5-3-1;4*1-3-2;/h1-3H,4H2;3H,1-2H3;3*1-2H3;/q;;3*-1;+3. The molecule has 3 nitrogen and oxygen atoms in total. The van der Waals surface area contributed by atoms with E-state index in [0.717, 1.165) is 6.42 Å². The molecule has 0 aromatic rings. The molecule has 5 heteroatoms. The number of hydrogen-bond donors (Lipinski definition) is 0. The second-order valence-electron chi connectivity index (χ2n) is 6.33. The van der Waals surface area contributed by atoms with Gasteiger partial charge in [-0.25, -0.2) is 0 Å². The first kappa shape index (κ1) is 16.8. The summed E-state index contributed by atoms with van der Waals surface area (Å²) in [6.45, 7) is 0. The van der Waals surface area contributed by atoms with Gasteiger partial charge < -0.3 is 0 Å². The van der Waals surface area contributed by atoms with Crippen LogP contribution < -0.4 is 0 Å². The van der Waals surface area contributed by atoms with E-state index in [9.17, 15) is 0 Å². The molecule has 0 aromatic heterocycles. The first-order valence-corrected chi connectivity index (χ1v) is 24.7. The fraction of sp³-hybridized carbons (Fsp3) is 0.692. The summed E-state index contributed by atoms with van der Waals surface area (Å²) in [6.07, 6.45) is 8.15. The van der Waals surface area contributed by atoms with Gasteiger partial charge in [0.1, 0.15) is 0 Å². The Bertz CT molecular complexity index is 329. The van der Waals surface area contributed by atoms with Gasteiger partial charge in [-0.1, -0.05) is 0 Å². The van der Waals surface area contributed by atoms with Crippen LogP contribution in [0, 0.1) is 0 Å². The van der Waals surface area contributed by atoms with Gasteiger partial charge in [-0.05, 0) is 0 Å². The summed E-state index contributed by atoms with van der Waals surface area (Å²) in [6, 6.07) is 0. The van der Waals surface area contributed by atoms with E-state index in [1.54, 1.807) is 3.28 Å². The third kappa shape index (κ3) is 1.83. The van der Waals surface area contributed by atoms with Crippen LogP contribution in [0.2, 0.25) is 11.5 Å². The van der Waals surface area contributed by atoms with Crippen molar-refractivity contribution >= 4 is 10.6 Å². The third-order valence-electron chi connectivity index (χ3n) is 5.10. The molecule has 0 heterocycles. The summed E-state index contributed by atoms with van der Waals surface area (Å²) in [4.78, 5) is 0. The SMILES string of the molecule is C[N](C)[Zr]([C]1=CC=CC1)([N](C)C)([N](C)C)[GeH]([CH3])[CH3]. The van der Waals surface area contributed by atoms with E-state index in [4.69, 9.17) is 0 Å². The van der Waals surface area contributed by atoms with Crippen LogP contribution in [-0.2, 0) is 17.1 Å². The molecule has 0 fully saturated rings. The third-order valence-corrected chi connectivity index (χ3v) is 77.5. The maximum atomic E-state index is 2.64. The molecule has 0 amide bonds. The number of rotatable bonds is 5. The van der Waals surface area contributed by atoms with Crippen molar-refractivity contribution in [2.24, 2.45) is 0 Å². The monoisotopic (exact) mass is 392 g/mol. The van der Waals surface area contributed by atoms with Gasteiger partial charge in [-0.15, -0.1) is 0 Å². The molecule has 0 saturated carbocycles. The van der Waals surface area contributed by atoms with E-state index in [1.807, 2.05) is 0 Å². The predicted molar refractivity (Wildman–Crippen MR) is 81.8 cm³/mol. The van der Waals surface area contributed by atoms with Gasteiger partial charge in [0.15, 0.2) is 0 Å². The van der Waals surface area contributed by atoms with Crippen LogP contribution in [0.1, 0.15) is 6.42 Å². The molecular formula is C13H30GeN3Zr. The van der Waals surface area contributed by atoms with Crippen molar-refractivity contribution in [2.75, 3.05) is 42.3 Å². The molecule has 1 aliphatic rings. The van der Waals surface area contributed by atoms with Crippen LogP contribution in [0.4, 0.5) is 0 Å². The average Bonchev–Trinajstić information content (AvgIpc) is 2.70. The van der Waals surface area contributed by atoms with Crippen LogP contribution in [0.25, 0.3) is 0 Å². The predicted octanol–water partition coefficient (Wildman–Crippen LogP) is 1.93. The molecule has 0 aromatic carbocycles. The minimum atomic E-state index is -3.34. The fourth-order valence-corrected chi connectivity index (χ4v) is 77.0. The summed E-state index contributed by atoms with van der Waals surface area (Å²) < 4.78 is 9.66. The Labute approximate surface area is 117 Å². The molecule has 1 aliphatic carbocycles. The van der Waals surface area contributed by atoms with Gasteiger partial charge in [0, 0.05) is 0 Å². The van der Waals surface area contributed by atoms with Gasteiger partial charge in [0.2, 0.25) is 0 Å². The zero-order valence-corrected chi connectivity index (χ0v) is 18.2. The molecule has 0 N–H and O–H groups in total. The second kappa shape index (κ2) is 5.65. The average molecular weight is 392 g/mol. The molecule has 18 heavy (non-hydrogen) atoms. The van der Waals surface area contributed by atoms with Gasteiger partial charge >= 0.3 is 118 Å². The summed E-state index contributed by atoms with van der Waals surface area (Å²) in [5, 5.41) is 0. The fourth-order valence-electron chi connectivity index (χ4n) is 4.78. The normalized spacial score (nSPS) is 18.9. The van der Waals surface area contributed by atoms with Gasteiger partial charge in [0.25, 0.3) is 0 Å². The molecule has 0 aliphatic heterocycles. The second-order valence-corrected chi connectivity index (χ2v) is 53.0. The number of nitrogens with zero attached hydrogens (tertiary/aromatic N) is 3. The Morgan fingerprint density at radius 2 is 1.39 bits per heavy atom. The molecular weight excluding hydrogens is 362 g/mol. The molecule has 0 atom stereocenters. The van der Waals surface area contributed by atoms with E-state index < -0.39 is 27.7 Å². The molecule has 0 saturated heterocycles. The van der Waals surface area contributed by atoms with E-state index >= 15 is 0 Å². The number of hydrogen-bond acceptors (Lipinski definition) is 3. The Hall–Kier alpha value is 0.786. The summed E-state index contributed by atoms with van der Waals surface area (Å²) in [5.41, 5.74) is 0. The minimum absolute atomic E-state index is 1.16. The van der Waals surface area contributed by atoms with Crippen LogP contribution in [0.3, 0.4) is 0 Å². The first-order chi connectivity index (χ1) is 8.23. The summed E-state index contributed by atoms with van der Waals surface area (Å²) in [7, 11) is 12.4. The van der Waals surface area contributed by atoms with Crippen LogP contribution in [-0.4, -0.2) is 61.4 Å². The molecule has 0 radical (unpaired) electrons. The summed E-state index contributed by atoms with van der Waals surface area (Å²) >= 11 is -3.34.